The molecule has 0 bridgehead atoms. The minimum atomic E-state index is -3.31. The number of aliphatic hydroxyl groups is 1. The molecule has 2 unspecified atom stereocenters. The number of halogens is 1. The van der Waals surface area contributed by atoms with Crippen LogP contribution in [-0.2, 0) is 16.4 Å². The van der Waals surface area contributed by atoms with Crippen LogP contribution >= 0.6 is 23.4 Å². The Kier molecular flexibility index (Phi) is 6.81. The Morgan fingerprint density at radius 1 is 1.45 bits per heavy atom. The van der Waals surface area contributed by atoms with E-state index in [0.717, 1.165) is 0 Å². The molecule has 114 valence electrons. The van der Waals surface area contributed by atoms with Crippen LogP contribution in [0.3, 0.4) is 0 Å². The molecule has 0 heterocycles. The van der Waals surface area contributed by atoms with Crippen LogP contribution in [0.2, 0.25) is 5.02 Å². The summed E-state index contributed by atoms with van der Waals surface area (Å²) in [5.74, 6) is 0. The second-order valence-corrected chi connectivity index (χ2v) is 8.08. The zero-order valence-electron chi connectivity index (χ0n) is 11.8. The van der Waals surface area contributed by atoms with Gasteiger partial charge in [-0.15, -0.1) is 0 Å². The standard InChI is InChI=1S/C13H20ClNO3S2/c1-9(12(8-16)19-2)15-7-10-11(14)5-4-6-13(10)20(3,17)18/h4-6,9,12,15-16H,7-8H2,1-3H3. The van der Waals surface area contributed by atoms with E-state index in [1.165, 1.54) is 6.26 Å². The molecule has 0 aromatic heterocycles. The molecule has 0 radical (unpaired) electrons. The topological polar surface area (TPSA) is 66.4 Å². The predicted molar refractivity (Wildman–Crippen MR) is 85.3 cm³/mol. The molecule has 1 aromatic rings. The normalized spacial score (nSPS) is 15.1. The van der Waals surface area contributed by atoms with Gasteiger partial charge in [-0.3, -0.25) is 0 Å². The maximum Gasteiger partial charge on any atom is 0.175 e. The number of hydrogen-bond acceptors (Lipinski definition) is 5. The van der Waals surface area contributed by atoms with E-state index in [4.69, 9.17) is 11.6 Å². The number of benzene rings is 1. The second kappa shape index (κ2) is 7.66. The average Bonchev–Trinajstić information content (AvgIpc) is 2.37. The molecule has 0 saturated heterocycles. The van der Waals surface area contributed by atoms with Crippen LogP contribution in [-0.4, -0.2) is 43.9 Å². The highest BCUT2D eigenvalue weighted by atomic mass is 35.5. The first kappa shape index (κ1) is 17.8. The SMILES string of the molecule is CSC(CO)C(C)NCc1c(Cl)cccc1S(C)(=O)=O. The molecule has 2 atom stereocenters. The van der Waals surface area contributed by atoms with E-state index in [-0.39, 0.29) is 22.8 Å². The van der Waals surface area contributed by atoms with Gasteiger partial charge in [-0.05, 0) is 25.3 Å². The van der Waals surface area contributed by atoms with Crippen LogP contribution in [0.15, 0.2) is 23.1 Å². The fourth-order valence-electron chi connectivity index (χ4n) is 1.89. The Morgan fingerprint density at radius 3 is 2.60 bits per heavy atom. The van der Waals surface area contributed by atoms with E-state index in [2.05, 4.69) is 5.32 Å². The third-order valence-electron chi connectivity index (χ3n) is 3.12. The lowest BCUT2D eigenvalue weighted by molar-refractivity contribution is 0.275. The molecule has 1 aromatic carbocycles. The van der Waals surface area contributed by atoms with Gasteiger partial charge in [-0.2, -0.15) is 11.8 Å². The first-order valence-corrected chi connectivity index (χ1v) is 9.71. The van der Waals surface area contributed by atoms with Gasteiger partial charge < -0.3 is 10.4 Å². The van der Waals surface area contributed by atoms with Gasteiger partial charge in [0, 0.05) is 34.7 Å². The molecule has 0 spiro atoms. The van der Waals surface area contributed by atoms with Gasteiger partial charge in [0.05, 0.1) is 11.5 Å². The minimum Gasteiger partial charge on any atom is -0.395 e. The third-order valence-corrected chi connectivity index (χ3v) is 5.81. The highest BCUT2D eigenvalue weighted by molar-refractivity contribution is 7.99. The van der Waals surface area contributed by atoms with Crippen LogP contribution in [0.4, 0.5) is 0 Å². The van der Waals surface area contributed by atoms with E-state index in [1.54, 1.807) is 30.0 Å². The molecule has 1 rings (SSSR count). The predicted octanol–water partition coefficient (Wildman–Crippen LogP) is 1.95. The summed E-state index contributed by atoms with van der Waals surface area (Å²) in [5, 5.41) is 13.0. The van der Waals surface area contributed by atoms with Crippen molar-refractivity contribution in [1.82, 2.24) is 5.32 Å². The van der Waals surface area contributed by atoms with Gasteiger partial charge in [0.2, 0.25) is 0 Å². The van der Waals surface area contributed by atoms with Crippen LogP contribution in [0.1, 0.15) is 12.5 Å². The summed E-state index contributed by atoms with van der Waals surface area (Å²) in [5.41, 5.74) is 0.571. The van der Waals surface area contributed by atoms with Crippen molar-refractivity contribution in [3.8, 4) is 0 Å². The number of thioether (sulfide) groups is 1. The monoisotopic (exact) mass is 337 g/mol. The second-order valence-electron chi connectivity index (χ2n) is 4.61. The Balaban J connectivity index is 2.93. The van der Waals surface area contributed by atoms with E-state index in [1.807, 2.05) is 13.2 Å². The zero-order valence-corrected chi connectivity index (χ0v) is 14.1. The third kappa shape index (κ3) is 4.63. The molecule has 4 nitrogen and oxygen atoms in total. The Hall–Kier alpha value is -0.270. The minimum absolute atomic E-state index is 0.0404. The van der Waals surface area contributed by atoms with Gasteiger partial charge in [0.15, 0.2) is 9.84 Å². The molecule has 2 N–H and O–H groups in total. The molecule has 0 fully saturated rings. The molecule has 0 aliphatic rings. The van der Waals surface area contributed by atoms with Gasteiger partial charge in [0.1, 0.15) is 0 Å². The maximum atomic E-state index is 11.8. The molecule has 0 aliphatic heterocycles. The van der Waals surface area contributed by atoms with Crippen molar-refractivity contribution < 1.29 is 13.5 Å². The summed E-state index contributed by atoms with van der Waals surface area (Å²) in [4.78, 5) is 0.245. The number of sulfone groups is 1. The summed E-state index contributed by atoms with van der Waals surface area (Å²) >= 11 is 7.67. The largest absolute Gasteiger partial charge is 0.395 e. The van der Waals surface area contributed by atoms with E-state index < -0.39 is 9.84 Å². The van der Waals surface area contributed by atoms with Gasteiger partial charge in [0.25, 0.3) is 0 Å². The molecule has 0 saturated carbocycles. The molecule has 0 aliphatic carbocycles. The summed E-state index contributed by atoms with van der Waals surface area (Å²) in [7, 11) is -3.31. The van der Waals surface area contributed by atoms with Crippen LogP contribution in [0.5, 0.6) is 0 Å². The van der Waals surface area contributed by atoms with Gasteiger partial charge in [-0.25, -0.2) is 8.42 Å². The lowest BCUT2D eigenvalue weighted by Gasteiger charge is -2.22. The Morgan fingerprint density at radius 2 is 2.10 bits per heavy atom. The van der Waals surface area contributed by atoms with E-state index in [9.17, 15) is 13.5 Å². The Bertz CT molecular complexity index is 545. The molecular formula is C13H20ClNO3S2. The maximum absolute atomic E-state index is 11.8. The number of rotatable bonds is 7. The molecular weight excluding hydrogens is 318 g/mol. The van der Waals surface area contributed by atoms with Gasteiger partial charge >= 0.3 is 0 Å². The van der Waals surface area contributed by atoms with Crippen molar-refractivity contribution in [2.45, 2.75) is 29.7 Å². The van der Waals surface area contributed by atoms with Crippen molar-refractivity contribution in [2.24, 2.45) is 0 Å². The highest BCUT2D eigenvalue weighted by Gasteiger charge is 2.19. The summed E-state index contributed by atoms with van der Waals surface area (Å²) in [6.07, 6.45) is 3.10. The van der Waals surface area contributed by atoms with Crippen LogP contribution in [0.25, 0.3) is 0 Å². The van der Waals surface area contributed by atoms with Crippen molar-refractivity contribution in [3.05, 3.63) is 28.8 Å². The summed E-state index contributed by atoms with van der Waals surface area (Å²) in [6.45, 7) is 2.37. The number of aliphatic hydroxyl groups excluding tert-OH is 1. The highest BCUT2D eigenvalue weighted by Crippen LogP contribution is 2.24. The Labute approximate surface area is 129 Å². The first-order valence-electron chi connectivity index (χ1n) is 6.15. The molecule has 7 heteroatoms. The lowest BCUT2D eigenvalue weighted by Crippen LogP contribution is -2.37. The fraction of sp³-hybridized carbons (Fsp3) is 0.538. The number of nitrogens with one attached hydrogen (secondary N) is 1. The van der Waals surface area contributed by atoms with Crippen molar-refractivity contribution in [2.75, 3.05) is 19.1 Å². The first-order chi connectivity index (χ1) is 9.31. The van der Waals surface area contributed by atoms with E-state index >= 15 is 0 Å². The van der Waals surface area contributed by atoms with Crippen molar-refractivity contribution in [3.63, 3.8) is 0 Å². The van der Waals surface area contributed by atoms with Crippen LogP contribution < -0.4 is 5.32 Å². The van der Waals surface area contributed by atoms with Gasteiger partial charge in [-0.1, -0.05) is 17.7 Å². The smallest absolute Gasteiger partial charge is 0.175 e. The quantitative estimate of drug-likeness (QED) is 0.796. The molecule has 20 heavy (non-hydrogen) atoms. The lowest BCUT2D eigenvalue weighted by atomic mass is 10.2. The summed E-state index contributed by atoms with van der Waals surface area (Å²) in [6, 6.07) is 4.90. The average molecular weight is 338 g/mol. The number of hydrogen-bond donors (Lipinski definition) is 2. The van der Waals surface area contributed by atoms with Crippen molar-refractivity contribution in [1.29, 1.82) is 0 Å². The fourth-order valence-corrected chi connectivity index (χ4v) is 3.80. The van der Waals surface area contributed by atoms with E-state index in [0.29, 0.717) is 17.1 Å². The molecule has 0 amide bonds. The van der Waals surface area contributed by atoms with Crippen molar-refractivity contribution >= 4 is 33.2 Å². The van der Waals surface area contributed by atoms with Crippen LogP contribution in [0, 0.1) is 0 Å². The summed E-state index contributed by atoms with van der Waals surface area (Å²) < 4.78 is 23.5. The zero-order chi connectivity index (χ0) is 15.3.